The Morgan fingerprint density at radius 3 is 2.88 bits per heavy atom. The van der Waals surface area contributed by atoms with E-state index in [0.717, 1.165) is 30.7 Å². The smallest absolute Gasteiger partial charge is 0.288 e. The molecule has 1 fully saturated rings. The highest BCUT2D eigenvalue weighted by atomic mass is 15.1. The highest BCUT2D eigenvalue weighted by molar-refractivity contribution is 5.78. The third kappa shape index (κ3) is 3.41. The van der Waals surface area contributed by atoms with Crippen molar-refractivity contribution in [3.63, 3.8) is 0 Å². The van der Waals surface area contributed by atoms with Crippen LogP contribution < -0.4 is 10.6 Å². The molecule has 0 spiro atoms. The molecule has 1 aliphatic rings. The first-order chi connectivity index (χ1) is 12.3. The van der Waals surface area contributed by atoms with E-state index >= 15 is 0 Å². The van der Waals surface area contributed by atoms with E-state index in [4.69, 9.17) is 6.57 Å². The Morgan fingerprint density at radius 2 is 2.12 bits per heavy atom. The van der Waals surface area contributed by atoms with Gasteiger partial charge in [0, 0.05) is 12.6 Å². The summed E-state index contributed by atoms with van der Waals surface area (Å²) in [6.07, 6.45) is 9.08. The summed E-state index contributed by atoms with van der Waals surface area (Å²) in [7, 11) is 0. The molecule has 0 amide bonds. The van der Waals surface area contributed by atoms with Crippen molar-refractivity contribution in [1.29, 1.82) is 0 Å². The molecule has 1 saturated heterocycles. The van der Waals surface area contributed by atoms with Crippen LogP contribution in [0.2, 0.25) is 0 Å². The number of imidazole rings is 1. The van der Waals surface area contributed by atoms with Gasteiger partial charge in [0.15, 0.2) is 12.0 Å². The quantitative estimate of drug-likeness (QED) is 0.713. The van der Waals surface area contributed by atoms with Gasteiger partial charge < -0.3 is 20.0 Å². The lowest BCUT2D eigenvalue weighted by Crippen LogP contribution is -2.32. The Labute approximate surface area is 145 Å². The van der Waals surface area contributed by atoms with Gasteiger partial charge in [0.25, 0.3) is 5.82 Å². The number of pyridine rings is 1. The van der Waals surface area contributed by atoms with Gasteiger partial charge in [0.1, 0.15) is 11.3 Å². The van der Waals surface area contributed by atoms with Gasteiger partial charge >= 0.3 is 0 Å². The number of nitrogens with zero attached hydrogens (tertiary/aromatic N) is 6. The highest BCUT2D eigenvalue weighted by Crippen LogP contribution is 2.21. The van der Waals surface area contributed by atoms with Crippen LogP contribution in [-0.2, 0) is 6.54 Å². The maximum atomic E-state index is 6.91. The average Bonchev–Trinajstić information content (AvgIpc) is 3.05. The summed E-state index contributed by atoms with van der Waals surface area (Å²) in [5.41, 5.74) is 1.93. The molecule has 0 bridgehead atoms. The molecular formula is C17H18N8. The van der Waals surface area contributed by atoms with Crippen molar-refractivity contribution >= 4 is 28.5 Å². The molecular weight excluding hydrogens is 316 g/mol. The zero-order valence-electron chi connectivity index (χ0n) is 13.7. The van der Waals surface area contributed by atoms with E-state index in [9.17, 15) is 0 Å². The molecule has 1 atom stereocenters. The van der Waals surface area contributed by atoms with Crippen LogP contribution in [0.5, 0.6) is 0 Å². The second-order valence-corrected chi connectivity index (χ2v) is 6.16. The lowest BCUT2D eigenvalue weighted by atomic mass is 10.00. The van der Waals surface area contributed by atoms with E-state index in [1.807, 2.05) is 12.4 Å². The Bertz CT molecular complexity index is 903. The Kier molecular flexibility index (Phi) is 4.23. The lowest BCUT2D eigenvalue weighted by Gasteiger charge is -2.23. The summed E-state index contributed by atoms with van der Waals surface area (Å²) in [5.74, 6) is 2.14. The van der Waals surface area contributed by atoms with E-state index < -0.39 is 0 Å². The summed E-state index contributed by atoms with van der Waals surface area (Å²) in [6.45, 7) is 10.0. The van der Waals surface area contributed by atoms with Crippen LogP contribution in [0.1, 0.15) is 12.8 Å². The molecule has 4 rings (SSSR count). The fourth-order valence-corrected chi connectivity index (χ4v) is 3.11. The predicted molar refractivity (Wildman–Crippen MR) is 94.7 cm³/mol. The molecule has 0 aliphatic carbocycles. The van der Waals surface area contributed by atoms with Gasteiger partial charge in [-0.1, -0.05) is 6.57 Å². The van der Waals surface area contributed by atoms with Crippen LogP contribution in [0, 0.1) is 12.5 Å². The zero-order chi connectivity index (χ0) is 17.1. The van der Waals surface area contributed by atoms with E-state index in [-0.39, 0.29) is 5.82 Å². The van der Waals surface area contributed by atoms with Gasteiger partial charge in [0.2, 0.25) is 0 Å². The molecule has 25 heavy (non-hydrogen) atoms. The summed E-state index contributed by atoms with van der Waals surface area (Å²) in [5, 5.41) is 6.58. The van der Waals surface area contributed by atoms with Gasteiger partial charge in [-0.25, -0.2) is 15.0 Å². The minimum Gasteiger partial charge on any atom is -0.359 e. The summed E-state index contributed by atoms with van der Waals surface area (Å²) >= 11 is 0. The minimum absolute atomic E-state index is 0.271. The molecule has 8 heteroatoms. The van der Waals surface area contributed by atoms with E-state index in [0.29, 0.717) is 17.6 Å². The number of piperidine rings is 1. The molecule has 1 unspecified atom stereocenters. The van der Waals surface area contributed by atoms with Crippen LogP contribution in [0.3, 0.4) is 0 Å². The number of hydrogen-bond donors (Lipinski definition) is 2. The number of rotatable bonds is 4. The SMILES string of the molecule is [C-]#[N+]c1cnc(Nc2cc3c(cn2)ncn3CC2CCCNC2)cn1. The topological polar surface area (TPSA) is 84.9 Å². The van der Waals surface area contributed by atoms with Crippen LogP contribution >= 0.6 is 0 Å². The van der Waals surface area contributed by atoms with E-state index in [1.165, 1.54) is 25.2 Å². The molecule has 3 aromatic heterocycles. The number of anilines is 2. The standard InChI is InChI=1S/C17H18N8/c1-18-16-8-22-17(9-21-16)24-15-5-14-13(7-20-15)23-11-25(14)10-12-3-2-4-19-6-12/h5,7-9,11-12,19H,2-4,6,10H2,(H,20,22,24). The molecule has 0 radical (unpaired) electrons. The number of fused-ring (bicyclic) bond motifs is 1. The second kappa shape index (κ2) is 6.83. The minimum atomic E-state index is 0.271. The number of aromatic nitrogens is 5. The second-order valence-electron chi connectivity index (χ2n) is 6.16. The van der Waals surface area contributed by atoms with Gasteiger partial charge in [-0.15, -0.1) is 4.98 Å². The van der Waals surface area contributed by atoms with E-state index in [1.54, 1.807) is 6.20 Å². The molecule has 0 aromatic carbocycles. The Balaban J connectivity index is 1.55. The van der Waals surface area contributed by atoms with Gasteiger partial charge in [0.05, 0.1) is 24.2 Å². The van der Waals surface area contributed by atoms with Crippen LogP contribution in [0.25, 0.3) is 15.9 Å². The highest BCUT2D eigenvalue weighted by Gasteiger charge is 2.15. The summed E-state index contributed by atoms with van der Waals surface area (Å²) < 4.78 is 2.19. The number of hydrogen-bond acceptors (Lipinski definition) is 6. The van der Waals surface area contributed by atoms with Crippen LogP contribution in [0.4, 0.5) is 17.5 Å². The molecule has 0 saturated carbocycles. The first kappa shape index (κ1) is 15.5. The van der Waals surface area contributed by atoms with Crippen molar-refractivity contribution < 1.29 is 0 Å². The van der Waals surface area contributed by atoms with Crippen molar-refractivity contribution in [2.24, 2.45) is 5.92 Å². The average molecular weight is 334 g/mol. The van der Waals surface area contributed by atoms with Gasteiger partial charge in [-0.2, -0.15) is 0 Å². The molecule has 126 valence electrons. The fourth-order valence-electron chi connectivity index (χ4n) is 3.11. The third-order valence-electron chi connectivity index (χ3n) is 4.37. The number of nitrogens with one attached hydrogen (secondary N) is 2. The molecule has 4 heterocycles. The first-order valence-corrected chi connectivity index (χ1v) is 8.30. The summed E-state index contributed by atoms with van der Waals surface area (Å²) in [4.78, 5) is 20.2. The van der Waals surface area contributed by atoms with Crippen molar-refractivity contribution in [3.05, 3.63) is 42.4 Å². The normalized spacial score (nSPS) is 17.3. The Morgan fingerprint density at radius 1 is 1.20 bits per heavy atom. The largest absolute Gasteiger partial charge is 0.359 e. The lowest BCUT2D eigenvalue weighted by molar-refractivity contribution is 0.340. The Hall–Kier alpha value is -3.05. The van der Waals surface area contributed by atoms with Crippen molar-refractivity contribution in [1.82, 2.24) is 29.8 Å². The molecule has 8 nitrogen and oxygen atoms in total. The zero-order valence-corrected chi connectivity index (χ0v) is 13.7. The van der Waals surface area contributed by atoms with E-state index in [2.05, 4.69) is 40.0 Å². The van der Waals surface area contributed by atoms with Gasteiger partial charge in [-0.05, 0) is 31.8 Å². The monoisotopic (exact) mass is 334 g/mol. The molecule has 3 aromatic rings. The van der Waals surface area contributed by atoms with Crippen LogP contribution in [0.15, 0.2) is 31.0 Å². The maximum absolute atomic E-state index is 6.91. The van der Waals surface area contributed by atoms with Crippen molar-refractivity contribution in [2.75, 3.05) is 18.4 Å². The van der Waals surface area contributed by atoms with Crippen molar-refractivity contribution in [3.8, 4) is 0 Å². The first-order valence-electron chi connectivity index (χ1n) is 8.30. The van der Waals surface area contributed by atoms with Crippen molar-refractivity contribution in [2.45, 2.75) is 19.4 Å². The van der Waals surface area contributed by atoms with Crippen LogP contribution in [-0.4, -0.2) is 37.6 Å². The third-order valence-corrected chi connectivity index (χ3v) is 4.37. The fraction of sp³-hybridized carbons (Fsp3) is 0.353. The maximum Gasteiger partial charge on any atom is 0.288 e. The molecule has 2 N–H and O–H groups in total. The predicted octanol–water partition coefficient (Wildman–Crippen LogP) is 2.52. The molecule has 1 aliphatic heterocycles. The summed E-state index contributed by atoms with van der Waals surface area (Å²) in [6, 6.07) is 1.98. The van der Waals surface area contributed by atoms with Gasteiger partial charge in [-0.3, -0.25) is 0 Å².